The van der Waals surface area contributed by atoms with Crippen molar-refractivity contribution in [3.8, 4) is 11.4 Å². The third-order valence-corrected chi connectivity index (χ3v) is 7.39. The molecule has 1 atom stereocenters. The second kappa shape index (κ2) is 10.3. The van der Waals surface area contributed by atoms with Gasteiger partial charge in [-0.25, -0.2) is 18.9 Å². The number of hydrogen-bond donors (Lipinski definition) is 0. The molecule has 0 spiro atoms. The van der Waals surface area contributed by atoms with Crippen LogP contribution in [0.2, 0.25) is 0 Å². The molecular formula is C28H30FN7O. The van der Waals surface area contributed by atoms with Crippen molar-refractivity contribution in [1.29, 1.82) is 0 Å². The van der Waals surface area contributed by atoms with Gasteiger partial charge in [0.2, 0.25) is 0 Å². The fraction of sp³-hybridized carbons (Fsp3) is 0.357. The summed E-state index contributed by atoms with van der Waals surface area (Å²) in [5.41, 5.74) is 3.40. The molecule has 0 amide bonds. The van der Waals surface area contributed by atoms with Gasteiger partial charge in [-0.05, 0) is 54.8 Å². The molecule has 6 rings (SSSR count). The Morgan fingerprint density at radius 2 is 1.84 bits per heavy atom. The lowest BCUT2D eigenvalue weighted by atomic mass is 10.0. The quantitative estimate of drug-likeness (QED) is 0.356. The highest BCUT2D eigenvalue weighted by molar-refractivity contribution is 5.62. The van der Waals surface area contributed by atoms with Crippen molar-refractivity contribution < 1.29 is 9.18 Å². The summed E-state index contributed by atoms with van der Waals surface area (Å²) in [6, 6.07) is 17.0. The highest BCUT2D eigenvalue weighted by Crippen LogP contribution is 2.35. The first-order chi connectivity index (χ1) is 18.2. The van der Waals surface area contributed by atoms with Gasteiger partial charge in [0.05, 0.1) is 17.9 Å². The highest BCUT2D eigenvalue weighted by Gasteiger charge is 2.28. The number of hydrogen-bond acceptors (Lipinski definition) is 7. The molecular weight excluding hydrogens is 469 g/mol. The normalized spacial score (nSPS) is 18.6. The molecule has 0 N–H and O–H groups in total. The number of rotatable bonds is 7. The van der Waals surface area contributed by atoms with Crippen LogP contribution in [0.25, 0.3) is 17.0 Å². The van der Waals surface area contributed by atoms with E-state index in [4.69, 9.17) is 10.1 Å². The van der Waals surface area contributed by atoms with E-state index in [0.717, 1.165) is 92.6 Å². The zero-order chi connectivity index (χ0) is 25.2. The maximum Gasteiger partial charge on any atom is 0.154 e. The molecule has 1 aromatic carbocycles. The van der Waals surface area contributed by atoms with Gasteiger partial charge in [0, 0.05) is 45.7 Å². The molecule has 37 heavy (non-hydrogen) atoms. The van der Waals surface area contributed by atoms with Crippen molar-refractivity contribution in [2.24, 2.45) is 0 Å². The summed E-state index contributed by atoms with van der Waals surface area (Å²) in [6.45, 7) is 5.28. The lowest BCUT2D eigenvalue weighted by molar-refractivity contribution is -0.108. The Bertz CT molecular complexity index is 1400. The summed E-state index contributed by atoms with van der Waals surface area (Å²) in [5, 5.41) is 4.97. The molecule has 4 aromatic rings. The Balaban J connectivity index is 1.26. The lowest BCUT2D eigenvalue weighted by Gasteiger charge is -2.35. The molecule has 190 valence electrons. The second-order valence-electron chi connectivity index (χ2n) is 9.68. The van der Waals surface area contributed by atoms with Crippen molar-refractivity contribution in [2.75, 3.05) is 49.1 Å². The molecule has 0 bridgehead atoms. The number of fused-ring (bicyclic) bond motifs is 1. The number of imidazole rings is 1. The summed E-state index contributed by atoms with van der Waals surface area (Å²) in [7, 11) is 0. The van der Waals surface area contributed by atoms with E-state index in [9.17, 15) is 9.18 Å². The van der Waals surface area contributed by atoms with E-state index < -0.39 is 0 Å². The van der Waals surface area contributed by atoms with Crippen LogP contribution < -0.4 is 9.80 Å². The van der Waals surface area contributed by atoms with Gasteiger partial charge in [-0.1, -0.05) is 18.2 Å². The maximum absolute atomic E-state index is 13.9. The van der Waals surface area contributed by atoms with Crippen molar-refractivity contribution in [3.05, 3.63) is 72.2 Å². The van der Waals surface area contributed by atoms with Crippen LogP contribution in [0.3, 0.4) is 0 Å². The van der Waals surface area contributed by atoms with Crippen molar-refractivity contribution >= 4 is 23.6 Å². The fourth-order valence-corrected chi connectivity index (χ4v) is 5.47. The van der Waals surface area contributed by atoms with Crippen LogP contribution in [0, 0.1) is 5.82 Å². The Labute approximate surface area is 215 Å². The standard InChI is InChI=1S/C28H30FN7O/c29-22-6-1-5-21(19-22)24-8-3-13-35(24)28-11-10-26-30-20-25(36(26)32-28)23-7-2-9-27(31-23)34-16-14-33(15-17-34)12-4-18-37/h1-2,5-7,9-11,18-20,24H,3-4,8,12-17H2. The number of piperazine rings is 1. The number of aromatic nitrogens is 4. The molecule has 2 aliphatic heterocycles. The average Bonchev–Trinajstić information content (AvgIpc) is 3.60. The van der Waals surface area contributed by atoms with Crippen LogP contribution in [-0.2, 0) is 4.79 Å². The number of benzene rings is 1. The molecule has 9 heteroatoms. The van der Waals surface area contributed by atoms with E-state index in [1.165, 1.54) is 6.07 Å². The summed E-state index contributed by atoms with van der Waals surface area (Å²) < 4.78 is 15.8. The predicted octanol–water partition coefficient (Wildman–Crippen LogP) is 3.98. The van der Waals surface area contributed by atoms with Gasteiger partial charge in [-0.2, -0.15) is 0 Å². The van der Waals surface area contributed by atoms with Gasteiger partial charge in [-0.3, -0.25) is 4.90 Å². The van der Waals surface area contributed by atoms with Crippen molar-refractivity contribution in [1.82, 2.24) is 24.5 Å². The highest BCUT2D eigenvalue weighted by atomic mass is 19.1. The first kappa shape index (κ1) is 23.5. The van der Waals surface area contributed by atoms with E-state index in [0.29, 0.717) is 6.42 Å². The number of anilines is 2. The Morgan fingerprint density at radius 1 is 0.973 bits per heavy atom. The van der Waals surface area contributed by atoms with Gasteiger partial charge in [-0.15, -0.1) is 5.10 Å². The Morgan fingerprint density at radius 3 is 2.68 bits per heavy atom. The second-order valence-corrected chi connectivity index (χ2v) is 9.68. The van der Waals surface area contributed by atoms with Crippen LogP contribution in [0.4, 0.5) is 16.0 Å². The van der Waals surface area contributed by atoms with Crippen LogP contribution >= 0.6 is 0 Å². The molecule has 8 nitrogen and oxygen atoms in total. The fourth-order valence-electron chi connectivity index (χ4n) is 5.47. The van der Waals surface area contributed by atoms with Gasteiger partial charge < -0.3 is 14.6 Å². The third kappa shape index (κ3) is 4.79. The van der Waals surface area contributed by atoms with E-state index in [1.54, 1.807) is 12.1 Å². The minimum Gasteiger partial charge on any atom is -0.354 e. The summed E-state index contributed by atoms with van der Waals surface area (Å²) >= 11 is 0. The van der Waals surface area contributed by atoms with Gasteiger partial charge >= 0.3 is 0 Å². The third-order valence-electron chi connectivity index (χ3n) is 7.39. The number of pyridine rings is 1. The molecule has 1 unspecified atom stereocenters. The van der Waals surface area contributed by atoms with Crippen LogP contribution in [0.15, 0.2) is 60.8 Å². The first-order valence-corrected chi connectivity index (χ1v) is 12.9. The number of aldehydes is 1. The predicted molar refractivity (Wildman–Crippen MR) is 141 cm³/mol. The molecule has 0 radical (unpaired) electrons. The number of carbonyl (C=O) groups excluding carboxylic acids is 1. The first-order valence-electron chi connectivity index (χ1n) is 12.9. The SMILES string of the molecule is O=CCCN1CCN(c2cccc(-c3cnc4ccc(N5CCCC5c5cccc(F)c5)nn34)n2)CC1. The smallest absolute Gasteiger partial charge is 0.154 e. The zero-order valence-corrected chi connectivity index (χ0v) is 20.7. The summed E-state index contributed by atoms with van der Waals surface area (Å²) in [4.78, 5) is 27.1. The number of halogens is 1. The molecule has 5 heterocycles. The topological polar surface area (TPSA) is 69.9 Å². The maximum atomic E-state index is 13.9. The molecule has 2 saturated heterocycles. The van der Waals surface area contributed by atoms with Crippen molar-refractivity contribution in [2.45, 2.75) is 25.3 Å². The molecule has 0 aliphatic carbocycles. The van der Waals surface area contributed by atoms with E-state index in [1.807, 2.05) is 47.1 Å². The number of nitrogens with zero attached hydrogens (tertiary/aromatic N) is 7. The lowest BCUT2D eigenvalue weighted by Crippen LogP contribution is -2.47. The Kier molecular flexibility index (Phi) is 6.53. The Hall–Kier alpha value is -3.85. The van der Waals surface area contributed by atoms with Gasteiger partial charge in [0.25, 0.3) is 0 Å². The van der Waals surface area contributed by atoms with E-state index >= 15 is 0 Å². The largest absolute Gasteiger partial charge is 0.354 e. The average molecular weight is 500 g/mol. The minimum absolute atomic E-state index is 0.0965. The van der Waals surface area contributed by atoms with Crippen LogP contribution in [0.5, 0.6) is 0 Å². The molecule has 2 aliphatic rings. The van der Waals surface area contributed by atoms with E-state index in [-0.39, 0.29) is 11.9 Å². The molecule has 0 saturated carbocycles. The zero-order valence-electron chi connectivity index (χ0n) is 20.7. The summed E-state index contributed by atoms with van der Waals surface area (Å²) in [5.74, 6) is 1.57. The minimum atomic E-state index is -0.210. The van der Waals surface area contributed by atoms with Crippen LogP contribution in [0.1, 0.15) is 30.9 Å². The number of carbonyl (C=O) groups is 1. The molecule has 3 aromatic heterocycles. The van der Waals surface area contributed by atoms with Crippen molar-refractivity contribution in [3.63, 3.8) is 0 Å². The molecule has 2 fully saturated rings. The summed E-state index contributed by atoms with van der Waals surface area (Å²) in [6.07, 6.45) is 5.38. The van der Waals surface area contributed by atoms with Gasteiger partial charge in [0.15, 0.2) is 5.65 Å². The monoisotopic (exact) mass is 499 g/mol. The van der Waals surface area contributed by atoms with Crippen LogP contribution in [-0.4, -0.2) is 70.0 Å². The van der Waals surface area contributed by atoms with Gasteiger partial charge in [0.1, 0.15) is 29.4 Å². The van der Waals surface area contributed by atoms with E-state index in [2.05, 4.69) is 19.7 Å².